The van der Waals surface area contributed by atoms with E-state index >= 15 is 0 Å². The first-order valence-electron chi connectivity index (χ1n) is 9.82. The first-order valence-corrected chi connectivity index (χ1v) is 10.2. The van der Waals surface area contributed by atoms with Crippen LogP contribution in [0.3, 0.4) is 0 Å². The van der Waals surface area contributed by atoms with Gasteiger partial charge in [-0.1, -0.05) is 23.7 Å². The summed E-state index contributed by atoms with van der Waals surface area (Å²) in [4.78, 5) is 41.5. The van der Waals surface area contributed by atoms with E-state index in [0.29, 0.717) is 22.0 Å². The molecule has 0 aliphatic carbocycles. The second kappa shape index (κ2) is 7.35. The predicted molar refractivity (Wildman–Crippen MR) is 115 cm³/mol. The second-order valence-electron chi connectivity index (χ2n) is 7.60. The van der Waals surface area contributed by atoms with Crippen molar-refractivity contribution in [3.05, 3.63) is 71.3 Å². The van der Waals surface area contributed by atoms with Gasteiger partial charge >= 0.3 is 0 Å². The van der Waals surface area contributed by atoms with Gasteiger partial charge in [0.05, 0.1) is 30.7 Å². The standard InChI is InChI=1S/C23H18ClN3O4/c1-31-16-9-7-13(8-10-16)21(28)20-19-18(17-6-3-11-25-27(17)20)22(29)26(23(19)30)15-5-2-4-14(24)12-15/h2-12,17-20H,1H3/t17-,18-,19+,20-/m0/s1. The van der Waals surface area contributed by atoms with Crippen LogP contribution in [0.5, 0.6) is 5.75 Å². The van der Waals surface area contributed by atoms with Gasteiger partial charge in [-0.05, 0) is 48.5 Å². The quantitative estimate of drug-likeness (QED) is 0.545. The smallest absolute Gasteiger partial charge is 0.240 e. The molecule has 2 aromatic rings. The fourth-order valence-electron chi connectivity index (χ4n) is 4.63. The number of allylic oxidation sites excluding steroid dienone is 1. The van der Waals surface area contributed by atoms with Gasteiger partial charge in [-0.25, -0.2) is 4.90 Å². The third kappa shape index (κ3) is 2.96. The van der Waals surface area contributed by atoms with Gasteiger partial charge in [0.1, 0.15) is 11.8 Å². The van der Waals surface area contributed by atoms with Crippen molar-refractivity contribution in [3.63, 3.8) is 0 Å². The van der Waals surface area contributed by atoms with Crippen LogP contribution >= 0.6 is 11.6 Å². The van der Waals surface area contributed by atoms with Crippen molar-refractivity contribution in [1.29, 1.82) is 0 Å². The highest BCUT2D eigenvalue weighted by molar-refractivity contribution is 6.31. The molecule has 8 heteroatoms. The molecule has 2 aromatic carbocycles. The summed E-state index contributed by atoms with van der Waals surface area (Å²) in [7, 11) is 1.55. The number of benzene rings is 2. The number of Topliss-reactive ketones (excluding diaryl/α,β-unsaturated/α-hetero) is 1. The number of halogens is 1. The van der Waals surface area contributed by atoms with Crippen molar-refractivity contribution in [2.24, 2.45) is 16.9 Å². The van der Waals surface area contributed by atoms with Crippen LogP contribution in [0.15, 0.2) is 65.8 Å². The molecule has 3 heterocycles. The lowest BCUT2D eigenvalue weighted by molar-refractivity contribution is -0.123. The zero-order valence-corrected chi connectivity index (χ0v) is 17.3. The van der Waals surface area contributed by atoms with Crippen LogP contribution in [-0.4, -0.2) is 48.0 Å². The molecule has 3 aliphatic heterocycles. The van der Waals surface area contributed by atoms with Crippen molar-refractivity contribution in [2.75, 3.05) is 12.0 Å². The van der Waals surface area contributed by atoms with E-state index in [1.165, 1.54) is 0 Å². The summed E-state index contributed by atoms with van der Waals surface area (Å²) < 4.78 is 5.16. The zero-order chi connectivity index (χ0) is 21.7. The number of hydrazone groups is 1. The molecule has 3 aliphatic rings. The molecule has 0 bridgehead atoms. The number of ketones is 1. The van der Waals surface area contributed by atoms with E-state index in [9.17, 15) is 14.4 Å². The SMILES string of the molecule is COc1ccc(C(=O)[C@@H]2[C@@H]3C(=O)N(c4cccc(Cl)c4)C(=O)[C@H]3[C@@H]3C=CC=NN23)cc1. The maximum Gasteiger partial charge on any atom is 0.240 e. The van der Waals surface area contributed by atoms with E-state index in [1.807, 2.05) is 6.08 Å². The number of imide groups is 1. The Morgan fingerprint density at radius 2 is 1.81 bits per heavy atom. The molecular weight excluding hydrogens is 418 g/mol. The molecule has 0 N–H and O–H groups in total. The van der Waals surface area contributed by atoms with E-state index in [-0.39, 0.29) is 11.7 Å². The van der Waals surface area contributed by atoms with Gasteiger partial charge in [-0.2, -0.15) is 5.10 Å². The molecule has 2 fully saturated rings. The largest absolute Gasteiger partial charge is 0.497 e. The minimum Gasteiger partial charge on any atom is -0.497 e. The third-order valence-corrected chi connectivity index (χ3v) is 6.24. The van der Waals surface area contributed by atoms with Crippen LogP contribution in [0.4, 0.5) is 5.69 Å². The minimum atomic E-state index is -0.884. The number of fused-ring (bicyclic) bond motifs is 3. The van der Waals surface area contributed by atoms with E-state index < -0.39 is 29.8 Å². The Bertz CT molecular complexity index is 1140. The molecule has 0 unspecified atom stereocenters. The van der Waals surface area contributed by atoms with Gasteiger partial charge in [0.15, 0.2) is 5.78 Å². The van der Waals surface area contributed by atoms with Crippen LogP contribution in [0.25, 0.3) is 0 Å². The summed E-state index contributed by atoms with van der Waals surface area (Å²) in [5, 5.41) is 6.36. The number of amides is 2. The van der Waals surface area contributed by atoms with Gasteiger partial charge in [0.25, 0.3) is 0 Å². The summed E-state index contributed by atoms with van der Waals surface area (Å²) >= 11 is 6.08. The molecule has 0 aromatic heterocycles. The lowest BCUT2D eigenvalue weighted by Gasteiger charge is -2.30. The summed E-state index contributed by atoms with van der Waals surface area (Å²) in [6.45, 7) is 0. The lowest BCUT2D eigenvalue weighted by Crippen LogP contribution is -2.46. The fraction of sp³-hybridized carbons (Fsp3) is 0.217. The monoisotopic (exact) mass is 435 g/mol. The topological polar surface area (TPSA) is 79.3 Å². The van der Waals surface area contributed by atoms with Crippen LogP contribution < -0.4 is 9.64 Å². The number of carbonyl (C=O) groups excluding carboxylic acids is 3. The highest BCUT2D eigenvalue weighted by Gasteiger charge is 2.64. The summed E-state index contributed by atoms with van der Waals surface area (Å²) in [6.07, 6.45) is 5.12. The first kappa shape index (κ1) is 19.5. The summed E-state index contributed by atoms with van der Waals surface area (Å²) in [5.41, 5.74) is 0.832. The number of ether oxygens (including phenoxy) is 1. The Labute approximate surface area is 183 Å². The molecule has 31 heavy (non-hydrogen) atoms. The van der Waals surface area contributed by atoms with Crippen molar-refractivity contribution in [1.82, 2.24) is 5.01 Å². The second-order valence-corrected chi connectivity index (χ2v) is 8.04. The van der Waals surface area contributed by atoms with E-state index in [2.05, 4.69) is 5.10 Å². The van der Waals surface area contributed by atoms with Crippen molar-refractivity contribution in [3.8, 4) is 5.75 Å². The van der Waals surface area contributed by atoms with Gasteiger partial charge in [-0.15, -0.1) is 0 Å². The average Bonchev–Trinajstić information content (AvgIpc) is 3.26. The maximum atomic E-state index is 13.5. The predicted octanol–water partition coefficient (Wildman–Crippen LogP) is 2.95. The summed E-state index contributed by atoms with van der Waals surface area (Å²) in [6, 6.07) is 11.9. The number of carbonyl (C=O) groups is 3. The number of hydrogen-bond acceptors (Lipinski definition) is 6. The maximum absolute atomic E-state index is 13.5. The Morgan fingerprint density at radius 3 is 2.52 bits per heavy atom. The van der Waals surface area contributed by atoms with E-state index in [0.717, 1.165) is 4.90 Å². The minimum absolute atomic E-state index is 0.262. The van der Waals surface area contributed by atoms with Crippen LogP contribution in [0, 0.1) is 11.8 Å². The number of rotatable bonds is 4. The van der Waals surface area contributed by atoms with Crippen LogP contribution in [0.2, 0.25) is 5.02 Å². The molecule has 2 amide bonds. The Morgan fingerprint density at radius 1 is 1.06 bits per heavy atom. The van der Waals surface area contributed by atoms with Gasteiger partial charge < -0.3 is 4.74 Å². The Balaban J connectivity index is 1.56. The van der Waals surface area contributed by atoms with Crippen LogP contribution in [0.1, 0.15) is 10.4 Å². The number of hydrogen-bond donors (Lipinski definition) is 0. The Hall–Kier alpha value is -3.45. The molecular formula is C23H18ClN3O4. The highest BCUT2D eigenvalue weighted by Crippen LogP contribution is 2.46. The van der Waals surface area contributed by atoms with Crippen molar-refractivity contribution in [2.45, 2.75) is 12.1 Å². The number of nitrogens with zero attached hydrogens (tertiary/aromatic N) is 3. The Kier molecular flexibility index (Phi) is 4.63. The number of methoxy groups -OCH3 is 1. The molecule has 156 valence electrons. The normalized spacial score (nSPS) is 26.3. The fourth-order valence-corrected chi connectivity index (χ4v) is 4.82. The molecule has 0 saturated carbocycles. The molecule has 4 atom stereocenters. The molecule has 0 radical (unpaired) electrons. The van der Waals surface area contributed by atoms with Gasteiger partial charge in [-0.3, -0.25) is 19.4 Å². The van der Waals surface area contributed by atoms with Crippen molar-refractivity contribution >= 4 is 41.1 Å². The van der Waals surface area contributed by atoms with E-state index in [1.54, 1.807) is 72.9 Å². The molecule has 2 saturated heterocycles. The van der Waals surface area contributed by atoms with Crippen LogP contribution in [-0.2, 0) is 9.59 Å². The van der Waals surface area contributed by atoms with Gasteiger partial charge in [0, 0.05) is 16.8 Å². The third-order valence-electron chi connectivity index (χ3n) is 6.00. The molecule has 5 rings (SSSR count). The molecule has 0 spiro atoms. The average molecular weight is 436 g/mol. The first-order chi connectivity index (χ1) is 15.0. The number of anilines is 1. The van der Waals surface area contributed by atoms with Gasteiger partial charge in [0.2, 0.25) is 11.8 Å². The highest BCUT2D eigenvalue weighted by atomic mass is 35.5. The lowest BCUT2D eigenvalue weighted by atomic mass is 9.86. The molecule has 7 nitrogen and oxygen atoms in total. The van der Waals surface area contributed by atoms with Crippen molar-refractivity contribution < 1.29 is 19.1 Å². The zero-order valence-electron chi connectivity index (χ0n) is 16.5. The summed E-state index contributed by atoms with van der Waals surface area (Å²) in [5.74, 6) is -1.95. The van der Waals surface area contributed by atoms with E-state index in [4.69, 9.17) is 16.3 Å².